The van der Waals surface area contributed by atoms with Gasteiger partial charge in [-0.05, 0) is 38.5 Å². The highest BCUT2D eigenvalue weighted by Crippen LogP contribution is 2.16. The lowest BCUT2D eigenvalue weighted by Gasteiger charge is -2.27. The van der Waals surface area contributed by atoms with Gasteiger partial charge >= 0.3 is 0 Å². The molecule has 5 N–H and O–H groups in total. The Balaban J connectivity index is 3.75. The number of nitrogens with one attached hydrogen (secondary N) is 1. The fourth-order valence-corrected chi connectivity index (χ4v) is 6.58. The van der Waals surface area contributed by atoms with Crippen molar-refractivity contribution in [3.05, 3.63) is 12.2 Å². The first kappa shape index (κ1) is 47.0. The Bertz CT molecular complexity index is 687. The van der Waals surface area contributed by atoms with E-state index in [1.54, 1.807) is 0 Å². The molecule has 0 rings (SSSR count). The van der Waals surface area contributed by atoms with E-state index in [4.69, 9.17) is 0 Å². The fourth-order valence-electron chi connectivity index (χ4n) is 6.58. The van der Waals surface area contributed by atoms with Gasteiger partial charge in [-0.1, -0.05) is 193 Å². The molecular weight excluding hydrogens is 598 g/mol. The maximum Gasteiger partial charge on any atom is 0.249 e. The Morgan fingerprint density at radius 2 is 0.854 bits per heavy atom. The van der Waals surface area contributed by atoms with Gasteiger partial charge in [-0.3, -0.25) is 4.79 Å². The molecule has 0 bridgehead atoms. The van der Waals surface area contributed by atoms with Crippen LogP contribution in [0.3, 0.4) is 0 Å². The third kappa shape index (κ3) is 31.1. The van der Waals surface area contributed by atoms with Gasteiger partial charge in [0.25, 0.3) is 0 Å². The summed E-state index contributed by atoms with van der Waals surface area (Å²) in [4.78, 5) is 12.5. The van der Waals surface area contributed by atoms with Crippen molar-refractivity contribution in [2.45, 2.75) is 244 Å². The first-order valence-corrected chi connectivity index (χ1v) is 21.1. The SMILES string of the molecule is CCCCCCCCCC/C=C/CCCC(O)C(O)C(CO)NC(=O)C(O)CCCCCCCCCCCCCCCCCCCCC. The molecular formula is C42H83NO5. The van der Waals surface area contributed by atoms with Gasteiger partial charge < -0.3 is 25.7 Å². The highest BCUT2D eigenvalue weighted by atomic mass is 16.3. The summed E-state index contributed by atoms with van der Waals surface area (Å²) in [7, 11) is 0. The summed E-state index contributed by atoms with van der Waals surface area (Å²) in [6.07, 6.45) is 39.5. The van der Waals surface area contributed by atoms with Crippen molar-refractivity contribution < 1.29 is 25.2 Å². The van der Waals surface area contributed by atoms with Crippen LogP contribution in [0.4, 0.5) is 0 Å². The maximum absolute atomic E-state index is 12.5. The lowest BCUT2D eigenvalue weighted by atomic mass is 10.00. The summed E-state index contributed by atoms with van der Waals surface area (Å²) in [6.45, 7) is 4.03. The normalized spacial score (nSPS) is 14.4. The number of hydrogen-bond acceptors (Lipinski definition) is 5. The smallest absolute Gasteiger partial charge is 0.249 e. The van der Waals surface area contributed by atoms with Crippen molar-refractivity contribution >= 4 is 5.91 Å². The summed E-state index contributed by atoms with van der Waals surface area (Å²) in [5, 5.41) is 43.5. The number of aliphatic hydroxyl groups excluding tert-OH is 4. The third-order valence-corrected chi connectivity index (χ3v) is 9.98. The molecule has 0 aromatic carbocycles. The minimum absolute atomic E-state index is 0.368. The van der Waals surface area contributed by atoms with Gasteiger partial charge in [0.05, 0.1) is 18.8 Å². The minimum atomic E-state index is -1.28. The molecule has 6 heteroatoms. The molecule has 0 spiro atoms. The standard InChI is InChI=1S/C42H83NO5/c1-3-5-7-9-11-13-15-17-18-19-20-21-22-24-26-28-30-32-34-36-40(46)42(48)43-38(37-44)41(47)39(45)35-33-31-29-27-25-23-16-14-12-10-8-6-4-2/h27,29,38-41,44-47H,3-26,28,30-37H2,1-2H3,(H,43,48)/b29-27+. The van der Waals surface area contributed by atoms with E-state index < -0.39 is 36.9 Å². The predicted molar refractivity (Wildman–Crippen MR) is 205 cm³/mol. The van der Waals surface area contributed by atoms with Crippen molar-refractivity contribution in [1.29, 1.82) is 0 Å². The molecule has 0 radical (unpaired) electrons. The lowest BCUT2D eigenvalue weighted by molar-refractivity contribution is -0.132. The van der Waals surface area contributed by atoms with Gasteiger partial charge in [0.15, 0.2) is 0 Å². The van der Waals surface area contributed by atoms with Gasteiger partial charge in [-0.15, -0.1) is 0 Å². The second kappa shape index (κ2) is 37.3. The molecule has 6 nitrogen and oxygen atoms in total. The zero-order chi connectivity index (χ0) is 35.3. The number of aliphatic hydroxyl groups is 4. The molecule has 4 atom stereocenters. The number of amides is 1. The van der Waals surface area contributed by atoms with Crippen LogP contribution in [-0.2, 0) is 4.79 Å². The number of unbranched alkanes of at least 4 members (excludes halogenated alkanes) is 27. The van der Waals surface area contributed by atoms with Crippen molar-refractivity contribution in [3.8, 4) is 0 Å². The Morgan fingerprint density at radius 3 is 1.25 bits per heavy atom. The van der Waals surface area contributed by atoms with Gasteiger partial charge in [0, 0.05) is 0 Å². The van der Waals surface area contributed by atoms with Crippen LogP contribution < -0.4 is 5.32 Å². The topological polar surface area (TPSA) is 110 Å². The summed E-state index contributed by atoms with van der Waals surface area (Å²) < 4.78 is 0. The second-order valence-electron chi connectivity index (χ2n) is 14.7. The van der Waals surface area contributed by atoms with E-state index in [1.807, 2.05) is 0 Å². The van der Waals surface area contributed by atoms with Gasteiger partial charge in [0.1, 0.15) is 12.2 Å². The van der Waals surface area contributed by atoms with E-state index in [-0.39, 0.29) is 0 Å². The molecule has 0 heterocycles. The molecule has 0 aliphatic heterocycles. The number of allylic oxidation sites excluding steroid dienone is 2. The van der Waals surface area contributed by atoms with Gasteiger partial charge in [-0.25, -0.2) is 0 Å². The van der Waals surface area contributed by atoms with E-state index in [0.29, 0.717) is 12.8 Å². The lowest BCUT2D eigenvalue weighted by Crippen LogP contribution is -2.53. The number of carbonyl (C=O) groups is 1. The fraction of sp³-hybridized carbons (Fsp3) is 0.929. The highest BCUT2D eigenvalue weighted by molar-refractivity contribution is 5.80. The van der Waals surface area contributed by atoms with Gasteiger partial charge in [0.2, 0.25) is 5.91 Å². The maximum atomic E-state index is 12.5. The van der Waals surface area contributed by atoms with Crippen molar-refractivity contribution in [1.82, 2.24) is 5.32 Å². The summed E-state index contributed by atoms with van der Waals surface area (Å²) >= 11 is 0. The number of rotatable bonds is 38. The van der Waals surface area contributed by atoms with Crippen LogP contribution in [-0.4, -0.2) is 57.3 Å². The average Bonchev–Trinajstić information content (AvgIpc) is 3.09. The quantitative estimate of drug-likeness (QED) is 0.0329. The van der Waals surface area contributed by atoms with Crippen LogP contribution >= 0.6 is 0 Å². The van der Waals surface area contributed by atoms with Crippen LogP contribution in [0.5, 0.6) is 0 Å². The zero-order valence-electron chi connectivity index (χ0n) is 32.0. The summed E-state index contributed by atoms with van der Waals surface area (Å²) in [6, 6.07) is -0.996. The Kier molecular flexibility index (Phi) is 36.6. The first-order chi connectivity index (χ1) is 23.5. The molecule has 0 aromatic rings. The monoisotopic (exact) mass is 682 g/mol. The van der Waals surface area contributed by atoms with Crippen LogP contribution in [0.1, 0.15) is 219 Å². The van der Waals surface area contributed by atoms with E-state index >= 15 is 0 Å². The molecule has 0 saturated carbocycles. The molecule has 0 fully saturated rings. The Labute approximate surface area is 298 Å². The summed E-state index contributed by atoms with van der Waals surface area (Å²) in [5.74, 6) is -0.591. The molecule has 0 aliphatic carbocycles. The predicted octanol–water partition coefficient (Wildman–Crippen LogP) is 10.6. The third-order valence-electron chi connectivity index (χ3n) is 9.98. The van der Waals surface area contributed by atoms with Crippen molar-refractivity contribution in [2.24, 2.45) is 0 Å². The largest absolute Gasteiger partial charge is 0.394 e. The van der Waals surface area contributed by atoms with Crippen LogP contribution in [0.2, 0.25) is 0 Å². The molecule has 4 unspecified atom stereocenters. The zero-order valence-corrected chi connectivity index (χ0v) is 32.0. The van der Waals surface area contributed by atoms with E-state index in [1.165, 1.54) is 154 Å². The summed E-state index contributed by atoms with van der Waals surface area (Å²) in [5.41, 5.74) is 0. The van der Waals surface area contributed by atoms with Crippen LogP contribution in [0.25, 0.3) is 0 Å². The Morgan fingerprint density at radius 1 is 0.500 bits per heavy atom. The molecule has 0 aromatic heterocycles. The molecule has 286 valence electrons. The molecule has 1 amide bonds. The van der Waals surface area contributed by atoms with Crippen LogP contribution in [0.15, 0.2) is 12.2 Å². The van der Waals surface area contributed by atoms with E-state index in [0.717, 1.165) is 38.5 Å². The molecule has 0 saturated heterocycles. The molecule has 0 aliphatic rings. The van der Waals surface area contributed by atoms with Crippen molar-refractivity contribution in [3.63, 3.8) is 0 Å². The van der Waals surface area contributed by atoms with Gasteiger partial charge in [-0.2, -0.15) is 0 Å². The number of hydrogen-bond donors (Lipinski definition) is 5. The van der Waals surface area contributed by atoms with Crippen LogP contribution in [0, 0.1) is 0 Å². The van der Waals surface area contributed by atoms with E-state index in [9.17, 15) is 25.2 Å². The van der Waals surface area contributed by atoms with Crippen molar-refractivity contribution in [2.75, 3.05) is 6.61 Å². The second-order valence-corrected chi connectivity index (χ2v) is 14.7. The van der Waals surface area contributed by atoms with E-state index in [2.05, 4.69) is 31.3 Å². The molecule has 48 heavy (non-hydrogen) atoms. The highest BCUT2D eigenvalue weighted by Gasteiger charge is 2.28. The first-order valence-electron chi connectivity index (χ1n) is 21.1. The number of carbonyl (C=O) groups excluding carboxylic acids is 1. The average molecular weight is 682 g/mol. The minimum Gasteiger partial charge on any atom is -0.394 e. The Hall–Kier alpha value is -0.950.